The van der Waals surface area contributed by atoms with Crippen LogP contribution in [0.4, 0.5) is 0 Å². The molecule has 1 atom stereocenters. The quantitative estimate of drug-likeness (QED) is 0.296. The highest BCUT2D eigenvalue weighted by Gasteiger charge is 2.26. The van der Waals surface area contributed by atoms with Gasteiger partial charge in [-0.25, -0.2) is 4.98 Å². The molecule has 4 aromatic rings. The zero-order valence-electron chi connectivity index (χ0n) is 19.3. The maximum absolute atomic E-state index is 13.8. The van der Waals surface area contributed by atoms with Gasteiger partial charge in [-0.05, 0) is 37.3 Å². The molecule has 3 aromatic carbocycles. The van der Waals surface area contributed by atoms with E-state index in [0.717, 1.165) is 33.8 Å². The summed E-state index contributed by atoms with van der Waals surface area (Å²) in [6.45, 7) is 4.79. The van der Waals surface area contributed by atoms with Crippen molar-refractivity contribution in [2.75, 3.05) is 6.26 Å². The predicted molar refractivity (Wildman–Crippen MR) is 137 cm³/mol. The van der Waals surface area contributed by atoms with Gasteiger partial charge < -0.3 is 9.88 Å². The number of carbonyl (C=O) groups is 1. The van der Waals surface area contributed by atoms with Crippen molar-refractivity contribution in [2.24, 2.45) is 0 Å². The Hall–Kier alpha value is -3.31. The van der Waals surface area contributed by atoms with Gasteiger partial charge in [0.05, 0.1) is 6.04 Å². The van der Waals surface area contributed by atoms with Crippen LogP contribution in [0.5, 0.6) is 0 Å². The number of imidazole rings is 1. The van der Waals surface area contributed by atoms with E-state index in [1.165, 1.54) is 0 Å². The molecule has 0 aliphatic heterocycles. The SMILES string of the molecule is CCC(NC(=O)c1c(-c2cccc(SC)c2)nc(-c2ccccc2)n1CC)c1ccccc1. The molecule has 0 aliphatic rings. The van der Waals surface area contributed by atoms with Crippen LogP contribution in [0.3, 0.4) is 0 Å². The summed E-state index contributed by atoms with van der Waals surface area (Å²) in [6, 6.07) is 28.4. The van der Waals surface area contributed by atoms with Gasteiger partial charge in [-0.3, -0.25) is 4.79 Å². The molecule has 1 amide bonds. The van der Waals surface area contributed by atoms with E-state index in [1.807, 2.05) is 65.2 Å². The van der Waals surface area contributed by atoms with Gasteiger partial charge >= 0.3 is 0 Å². The second kappa shape index (κ2) is 10.5. The van der Waals surface area contributed by atoms with Crippen molar-refractivity contribution in [1.29, 1.82) is 0 Å². The fraction of sp³-hybridized carbons (Fsp3) is 0.214. The minimum absolute atomic E-state index is 0.0653. The standard InChI is InChI=1S/C28H29N3OS/c1-4-24(20-13-8-6-9-14-20)29-28(32)26-25(22-17-12-18-23(19-22)33-3)30-27(31(26)5-2)21-15-10-7-11-16-21/h6-19,24H,4-5H2,1-3H3,(H,29,32). The second-order valence-electron chi connectivity index (χ2n) is 7.82. The Morgan fingerprint density at radius 1 is 0.939 bits per heavy atom. The summed E-state index contributed by atoms with van der Waals surface area (Å²) in [5, 5.41) is 3.27. The maximum atomic E-state index is 13.8. The Morgan fingerprint density at radius 2 is 1.61 bits per heavy atom. The van der Waals surface area contributed by atoms with Crippen LogP contribution in [-0.4, -0.2) is 21.7 Å². The summed E-state index contributed by atoms with van der Waals surface area (Å²) in [5.41, 5.74) is 4.36. The van der Waals surface area contributed by atoms with Crippen LogP contribution in [0.2, 0.25) is 0 Å². The third kappa shape index (κ3) is 4.88. The molecule has 0 radical (unpaired) electrons. The van der Waals surface area contributed by atoms with E-state index in [2.05, 4.69) is 49.7 Å². The van der Waals surface area contributed by atoms with Gasteiger partial charge in [0.1, 0.15) is 17.2 Å². The summed E-state index contributed by atoms with van der Waals surface area (Å²) >= 11 is 1.68. The molecular weight excluding hydrogens is 426 g/mol. The topological polar surface area (TPSA) is 46.9 Å². The van der Waals surface area contributed by atoms with E-state index in [0.29, 0.717) is 17.9 Å². The van der Waals surface area contributed by atoms with Crippen molar-refractivity contribution >= 4 is 17.7 Å². The fourth-order valence-corrected chi connectivity index (χ4v) is 4.56. The number of aromatic nitrogens is 2. The summed E-state index contributed by atoms with van der Waals surface area (Å²) in [7, 11) is 0. The van der Waals surface area contributed by atoms with Gasteiger partial charge in [0.25, 0.3) is 5.91 Å². The second-order valence-corrected chi connectivity index (χ2v) is 8.70. The molecule has 0 aliphatic carbocycles. The Labute approximate surface area is 200 Å². The van der Waals surface area contributed by atoms with Crippen molar-refractivity contribution < 1.29 is 4.79 Å². The molecule has 1 unspecified atom stereocenters. The molecule has 0 bridgehead atoms. The Kier molecular flexibility index (Phi) is 7.30. The molecule has 1 heterocycles. The summed E-state index contributed by atoms with van der Waals surface area (Å²) < 4.78 is 2.03. The molecule has 0 saturated carbocycles. The molecule has 1 aromatic heterocycles. The van der Waals surface area contributed by atoms with Crippen LogP contribution in [-0.2, 0) is 6.54 Å². The lowest BCUT2D eigenvalue weighted by Gasteiger charge is -2.19. The lowest BCUT2D eigenvalue weighted by atomic mass is 10.0. The molecule has 0 saturated heterocycles. The highest BCUT2D eigenvalue weighted by atomic mass is 32.2. The summed E-state index contributed by atoms with van der Waals surface area (Å²) in [6.07, 6.45) is 2.86. The van der Waals surface area contributed by atoms with Crippen LogP contribution < -0.4 is 5.32 Å². The molecule has 0 spiro atoms. The van der Waals surface area contributed by atoms with Crippen LogP contribution in [0.15, 0.2) is 89.8 Å². The number of rotatable bonds is 8. The van der Waals surface area contributed by atoms with Crippen molar-refractivity contribution in [2.45, 2.75) is 37.8 Å². The normalized spacial score (nSPS) is 11.8. The van der Waals surface area contributed by atoms with Gasteiger partial charge in [0.2, 0.25) is 0 Å². The Balaban J connectivity index is 1.84. The third-order valence-electron chi connectivity index (χ3n) is 5.79. The summed E-state index contributed by atoms with van der Waals surface area (Å²) in [4.78, 5) is 19.9. The van der Waals surface area contributed by atoms with Crippen molar-refractivity contribution in [3.63, 3.8) is 0 Å². The van der Waals surface area contributed by atoms with Crippen LogP contribution in [0.25, 0.3) is 22.6 Å². The van der Waals surface area contributed by atoms with E-state index in [-0.39, 0.29) is 11.9 Å². The number of amides is 1. The highest BCUT2D eigenvalue weighted by Crippen LogP contribution is 2.32. The molecule has 5 heteroatoms. The number of carbonyl (C=O) groups excluding carboxylic acids is 1. The molecule has 1 N–H and O–H groups in total. The predicted octanol–water partition coefficient (Wildman–Crippen LogP) is 6.84. The molecule has 168 valence electrons. The Morgan fingerprint density at radius 3 is 2.24 bits per heavy atom. The van der Waals surface area contributed by atoms with Crippen molar-refractivity contribution in [3.8, 4) is 22.6 Å². The van der Waals surface area contributed by atoms with Crippen LogP contribution in [0, 0.1) is 0 Å². The lowest BCUT2D eigenvalue weighted by Crippen LogP contribution is -2.30. The fourth-order valence-electron chi connectivity index (χ4n) is 4.10. The van der Waals surface area contributed by atoms with Gasteiger partial charge in [0, 0.05) is 22.6 Å². The minimum Gasteiger partial charge on any atom is -0.344 e. The van der Waals surface area contributed by atoms with Crippen molar-refractivity contribution in [1.82, 2.24) is 14.9 Å². The van der Waals surface area contributed by atoms with Gasteiger partial charge in [-0.1, -0.05) is 79.7 Å². The van der Waals surface area contributed by atoms with Crippen molar-refractivity contribution in [3.05, 3.63) is 96.2 Å². The monoisotopic (exact) mass is 455 g/mol. The molecule has 4 nitrogen and oxygen atoms in total. The molecule has 4 rings (SSSR count). The number of benzene rings is 3. The molecular formula is C28H29N3OS. The zero-order chi connectivity index (χ0) is 23.2. The van der Waals surface area contributed by atoms with E-state index in [9.17, 15) is 4.79 Å². The first-order valence-electron chi connectivity index (χ1n) is 11.3. The van der Waals surface area contributed by atoms with Gasteiger partial charge in [-0.2, -0.15) is 0 Å². The van der Waals surface area contributed by atoms with E-state index in [4.69, 9.17) is 4.98 Å². The average Bonchev–Trinajstić information content (AvgIpc) is 3.28. The first kappa shape index (κ1) is 22.9. The number of hydrogen-bond acceptors (Lipinski definition) is 3. The summed E-state index contributed by atoms with van der Waals surface area (Å²) in [5.74, 6) is 0.701. The van der Waals surface area contributed by atoms with Gasteiger partial charge in [0.15, 0.2) is 0 Å². The van der Waals surface area contributed by atoms with Crippen LogP contribution in [0.1, 0.15) is 42.4 Å². The number of nitrogens with zero attached hydrogens (tertiary/aromatic N) is 2. The highest BCUT2D eigenvalue weighted by molar-refractivity contribution is 7.98. The Bertz CT molecular complexity index is 1220. The first-order valence-corrected chi connectivity index (χ1v) is 12.5. The maximum Gasteiger partial charge on any atom is 0.270 e. The molecule has 33 heavy (non-hydrogen) atoms. The van der Waals surface area contributed by atoms with Gasteiger partial charge in [-0.15, -0.1) is 11.8 Å². The third-order valence-corrected chi connectivity index (χ3v) is 6.51. The first-order chi connectivity index (χ1) is 16.2. The zero-order valence-corrected chi connectivity index (χ0v) is 20.1. The minimum atomic E-state index is -0.105. The smallest absolute Gasteiger partial charge is 0.270 e. The molecule has 0 fully saturated rings. The number of thioether (sulfide) groups is 1. The largest absolute Gasteiger partial charge is 0.344 e. The average molecular weight is 456 g/mol. The number of hydrogen-bond donors (Lipinski definition) is 1. The van der Waals surface area contributed by atoms with E-state index < -0.39 is 0 Å². The lowest BCUT2D eigenvalue weighted by molar-refractivity contribution is 0.0927. The number of nitrogens with one attached hydrogen (secondary N) is 1. The van der Waals surface area contributed by atoms with Crippen LogP contribution >= 0.6 is 11.8 Å². The van der Waals surface area contributed by atoms with E-state index >= 15 is 0 Å². The van der Waals surface area contributed by atoms with E-state index in [1.54, 1.807) is 11.8 Å².